The average Bonchev–Trinajstić information content (AvgIpc) is 3.41. The summed E-state index contributed by atoms with van der Waals surface area (Å²) in [7, 11) is 0. The van der Waals surface area contributed by atoms with Gasteiger partial charge in [-0.25, -0.2) is 4.98 Å². The quantitative estimate of drug-likeness (QED) is 0.296. The van der Waals surface area contributed by atoms with Gasteiger partial charge in [0, 0.05) is 0 Å². The van der Waals surface area contributed by atoms with E-state index >= 15 is 0 Å². The number of anilines is 1. The predicted octanol–water partition coefficient (Wildman–Crippen LogP) is 6.25. The molecule has 174 valence electrons. The minimum atomic E-state index is -0.676. The number of amides is 1. The fourth-order valence-electron chi connectivity index (χ4n) is 4.55. The SMILES string of the molecule is CCCOc1cccc([C@H]2c3c(oc4ccccc4c3=O)C(=O)N2c2nc3ccc(C)cc3s2)c1. The monoisotopic (exact) mass is 482 g/mol. The number of hydrogen-bond donors (Lipinski definition) is 0. The van der Waals surface area contributed by atoms with Crippen LogP contribution in [0.25, 0.3) is 21.2 Å². The van der Waals surface area contributed by atoms with Gasteiger partial charge in [0.15, 0.2) is 10.6 Å². The first-order chi connectivity index (χ1) is 17.0. The Morgan fingerprint density at radius 2 is 1.91 bits per heavy atom. The Balaban J connectivity index is 1.59. The number of aromatic nitrogens is 1. The van der Waals surface area contributed by atoms with Crippen LogP contribution in [0.15, 0.2) is 75.9 Å². The van der Waals surface area contributed by atoms with Gasteiger partial charge in [-0.3, -0.25) is 14.5 Å². The number of thiazole rings is 1. The van der Waals surface area contributed by atoms with E-state index < -0.39 is 6.04 Å². The third kappa shape index (κ3) is 3.51. The highest BCUT2D eigenvalue weighted by atomic mass is 32.1. The molecule has 0 radical (unpaired) electrons. The lowest BCUT2D eigenvalue weighted by Gasteiger charge is -2.23. The Kier molecular flexibility index (Phi) is 5.15. The molecule has 1 amide bonds. The third-order valence-electron chi connectivity index (χ3n) is 6.16. The zero-order valence-corrected chi connectivity index (χ0v) is 20.1. The average molecular weight is 483 g/mol. The van der Waals surface area contributed by atoms with Crippen LogP contribution in [-0.2, 0) is 0 Å². The topological polar surface area (TPSA) is 72.6 Å². The van der Waals surface area contributed by atoms with Crippen LogP contribution in [-0.4, -0.2) is 17.5 Å². The minimum Gasteiger partial charge on any atom is -0.494 e. The molecule has 1 aliphatic heterocycles. The first-order valence-corrected chi connectivity index (χ1v) is 12.4. The standard InChI is InChI=1S/C28H22N2O4S/c1-3-13-33-18-8-6-7-17(15-18)24-23-25(31)19-9-4-5-10-21(19)34-26(23)27(32)30(24)28-29-20-12-11-16(2)14-22(20)35-28/h4-12,14-15,24H,3,13H2,1-2H3/t24-/m0/s1. The molecular weight excluding hydrogens is 460 g/mol. The van der Waals surface area contributed by atoms with Crippen molar-refractivity contribution in [2.75, 3.05) is 11.5 Å². The van der Waals surface area contributed by atoms with E-state index in [0.717, 1.165) is 27.8 Å². The summed E-state index contributed by atoms with van der Waals surface area (Å²) in [6.45, 7) is 4.65. The molecule has 6 rings (SSSR count). The first kappa shape index (κ1) is 21.6. The van der Waals surface area contributed by atoms with Crippen LogP contribution in [0.1, 0.15) is 46.6 Å². The van der Waals surface area contributed by atoms with Gasteiger partial charge < -0.3 is 9.15 Å². The summed E-state index contributed by atoms with van der Waals surface area (Å²) in [6.07, 6.45) is 0.877. The number of fused-ring (bicyclic) bond motifs is 3. The van der Waals surface area contributed by atoms with E-state index in [4.69, 9.17) is 14.1 Å². The number of benzene rings is 3. The first-order valence-electron chi connectivity index (χ1n) is 11.5. The molecule has 0 aliphatic carbocycles. The highest BCUT2D eigenvalue weighted by Crippen LogP contribution is 2.44. The zero-order valence-electron chi connectivity index (χ0n) is 19.3. The molecule has 0 fully saturated rings. The van der Waals surface area contributed by atoms with E-state index in [0.29, 0.717) is 34.0 Å². The van der Waals surface area contributed by atoms with Crippen LogP contribution in [0.4, 0.5) is 5.13 Å². The van der Waals surface area contributed by atoms with Gasteiger partial charge in [-0.1, -0.05) is 48.6 Å². The van der Waals surface area contributed by atoms with E-state index in [9.17, 15) is 9.59 Å². The Bertz CT molecular complexity index is 1670. The predicted molar refractivity (Wildman–Crippen MR) is 138 cm³/mol. The lowest BCUT2D eigenvalue weighted by molar-refractivity contribution is 0.0971. The number of aryl methyl sites for hydroxylation is 1. The highest BCUT2D eigenvalue weighted by Gasteiger charge is 2.45. The van der Waals surface area contributed by atoms with Crippen LogP contribution in [0.5, 0.6) is 5.75 Å². The Labute approximate surface area is 205 Å². The van der Waals surface area contributed by atoms with Gasteiger partial charge in [-0.15, -0.1) is 0 Å². The number of para-hydroxylation sites is 1. The molecule has 1 aliphatic rings. The molecule has 35 heavy (non-hydrogen) atoms. The molecule has 3 heterocycles. The zero-order chi connectivity index (χ0) is 24.1. The van der Waals surface area contributed by atoms with Crippen molar-refractivity contribution < 1.29 is 13.9 Å². The number of ether oxygens (including phenoxy) is 1. The van der Waals surface area contributed by atoms with Crippen LogP contribution >= 0.6 is 11.3 Å². The molecule has 2 aromatic heterocycles. The van der Waals surface area contributed by atoms with Crippen LogP contribution in [0, 0.1) is 6.92 Å². The fourth-order valence-corrected chi connectivity index (χ4v) is 5.64. The molecule has 0 unspecified atom stereocenters. The Morgan fingerprint density at radius 3 is 2.77 bits per heavy atom. The molecule has 0 bridgehead atoms. The Morgan fingerprint density at radius 1 is 1.06 bits per heavy atom. The van der Waals surface area contributed by atoms with E-state index in [2.05, 4.69) is 6.07 Å². The summed E-state index contributed by atoms with van der Waals surface area (Å²) < 4.78 is 12.9. The molecule has 0 saturated heterocycles. The summed E-state index contributed by atoms with van der Waals surface area (Å²) in [4.78, 5) is 33.9. The van der Waals surface area contributed by atoms with E-state index in [-0.39, 0.29) is 17.1 Å². The Hall–Kier alpha value is -3.97. The van der Waals surface area contributed by atoms with Gasteiger partial charge in [0.2, 0.25) is 5.76 Å². The lowest BCUT2D eigenvalue weighted by Crippen LogP contribution is -2.29. The van der Waals surface area contributed by atoms with Gasteiger partial charge in [-0.05, 0) is 60.9 Å². The van der Waals surface area contributed by atoms with Crippen molar-refractivity contribution in [3.8, 4) is 5.75 Å². The molecule has 0 N–H and O–H groups in total. The van der Waals surface area contributed by atoms with Crippen molar-refractivity contribution in [3.05, 3.63) is 99.4 Å². The van der Waals surface area contributed by atoms with E-state index in [1.165, 1.54) is 11.3 Å². The van der Waals surface area contributed by atoms with Gasteiger partial charge in [0.1, 0.15) is 11.3 Å². The molecule has 0 spiro atoms. The van der Waals surface area contributed by atoms with Crippen molar-refractivity contribution in [1.29, 1.82) is 0 Å². The number of nitrogens with zero attached hydrogens (tertiary/aromatic N) is 2. The summed E-state index contributed by atoms with van der Waals surface area (Å²) in [5.74, 6) is 0.382. The second kappa shape index (κ2) is 8.36. The van der Waals surface area contributed by atoms with Crippen LogP contribution < -0.4 is 15.1 Å². The summed E-state index contributed by atoms with van der Waals surface area (Å²) in [5.41, 5.74) is 3.21. The number of carbonyl (C=O) groups excluding carboxylic acids is 1. The molecule has 6 nitrogen and oxygen atoms in total. The lowest BCUT2D eigenvalue weighted by atomic mass is 9.98. The summed E-state index contributed by atoms with van der Waals surface area (Å²) in [5, 5.41) is 0.972. The molecule has 7 heteroatoms. The largest absolute Gasteiger partial charge is 0.494 e. The number of carbonyl (C=O) groups is 1. The van der Waals surface area contributed by atoms with Crippen molar-refractivity contribution in [3.63, 3.8) is 0 Å². The maximum atomic E-state index is 13.8. The molecule has 0 saturated carbocycles. The van der Waals surface area contributed by atoms with Crippen molar-refractivity contribution in [2.24, 2.45) is 0 Å². The van der Waals surface area contributed by atoms with Gasteiger partial charge >= 0.3 is 0 Å². The maximum absolute atomic E-state index is 13.8. The van der Waals surface area contributed by atoms with Crippen LogP contribution in [0.2, 0.25) is 0 Å². The molecule has 5 aromatic rings. The van der Waals surface area contributed by atoms with Gasteiger partial charge in [-0.2, -0.15) is 0 Å². The van der Waals surface area contributed by atoms with E-state index in [1.807, 2.05) is 50.2 Å². The molecule has 3 aromatic carbocycles. The van der Waals surface area contributed by atoms with Crippen molar-refractivity contribution in [1.82, 2.24) is 4.98 Å². The minimum absolute atomic E-state index is 0.0639. The van der Waals surface area contributed by atoms with Crippen molar-refractivity contribution in [2.45, 2.75) is 26.3 Å². The van der Waals surface area contributed by atoms with E-state index in [1.54, 1.807) is 29.2 Å². The molecular formula is C28H22N2O4S. The number of rotatable bonds is 5. The number of hydrogen-bond acceptors (Lipinski definition) is 6. The summed E-state index contributed by atoms with van der Waals surface area (Å²) >= 11 is 1.43. The second-order valence-electron chi connectivity index (χ2n) is 8.64. The highest BCUT2D eigenvalue weighted by molar-refractivity contribution is 7.22. The third-order valence-corrected chi connectivity index (χ3v) is 7.18. The maximum Gasteiger partial charge on any atom is 0.297 e. The fraction of sp³-hybridized carbons (Fsp3) is 0.179. The van der Waals surface area contributed by atoms with Crippen LogP contribution in [0.3, 0.4) is 0 Å². The van der Waals surface area contributed by atoms with Crippen molar-refractivity contribution >= 4 is 43.6 Å². The van der Waals surface area contributed by atoms with Gasteiger partial charge in [0.05, 0.1) is 33.8 Å². The second-order valence-corrected chi connectivity index (χ2v) is 9.65. The molecule has 1 atom stereocenters. The normalized spacial score (nSPS) is 15.2. The van der Waals surface area contributed by atoms with Gasteiger partial charge in [0.25, 0.3) is 5.91 Å². The summed E-state index contributed by atoms with van der Waals surface area (Å²) in [6, 6.07) is 19.9. The smallest absolute Gasteiger partial charge is 0.297 e.